The molecule has 0 aromatic heterocycles. The average Bonchev–Trinajstić information content (AvgIpc) is 2.47. The van der Waals surface area contributed by atoms with Gasteiger partial charge in [0.15, 0.2) is 0 Å². The van der Waals surface area contributed by atoms with E-state index in [2.05, 4.69) is 24.0 Å². The van der Waals surface area contributed by atoms with Gasteiger partial charge in [0, 0.05) is 30.4 Å². The maximum absolute atomic E-state index is 7.56. The molecule has 0 heterocycles. The number of methoxy groups -OCH3 is 1. The quantitative estimate of drug-likeness (QED) is 0.655. The number of aryl methyl sites for hydroxylation is 1. The van der Waals surface area contributed by atoms with Crippen LogP contribution in [0.1, 0.15) is 16.7 Å². The summed E-state index contributed by atoms with van der Waals surface area (Å²) in [5, 5.41) is 7.56. The number of anilines is 1. The number of nitrogen functional groups attached to an aromatic ring is 1. The third kappa shape index (κ3) is 3.34. The zero-order chi connectivity index (χ0) is 15.4. The third-order valence-electron chi connectivity index (χ3n) is 3.53. The van der Waals surface area contributed by atoms with Crippen LogP contribution in [0.3, 0.4) is 0 Å². The Balaban J connectivity index is 2.31. The molecule has 0 radical (unpaired) electrons. The Morgan fingerprint density at radius 1 is 1.24 bits per heavy atom. The van der Waals surface area contributed by atoms with Crippen LogP contribution < -0.4 is 15.4 Å². The number of rotatable bonds is 5. The second-order valence-corrected chi connectivity index (χ2v) is 5.08. The van der Waals surface area contributed by atoms with Gasteiger partial charge in [0.05, 0.1) is 7.11 Å². The van der Waals surface area contributed by atoms with Crippen LogP contribution in [-0.2, 0) is 6.54 Å². The van der Waals surface area contributed by atoms with Crippen LogP contribution in [0.4, 0.5) is 5.69 Å². The van der Waals surface area contributed by atoms with Crippen LogP contribution in [0.25, 0.3) is 0 Å². The van der Waals surface area contributed by atoms with Gasteiger partial charge in [-0.2, -0.15) is 0 Å². The largest absolute Gasteiger partial charge is 0.496 e. The maximum Gasteiger partial charge on any atom is 0.123 e. The molecule has 0 saturated carbocycles. The average molecular weight is 283 g/mol. The molecule has 3 N–H and O–H groups in total. The van der Waals surface area contributed by atoms with E-state index >= 15 is 0 Å². The van der Waals surface area contributed by atoms with Gasteiger partial charge in [-0.1, -0.05) is 18.2 Å². The normalized spacial score (nSPS) is 10.2. The SMILES string of the molecule is COc1ccc(C(=N)N)cc1CN(C)c1ccccc1C. The molecule has 21 heavy (non-hydrogen) atoms. The Hall–Kier alpha value is -2.49. The second-order valence-electron chi connectivity index (χ2n) is 5.08. The van der Waals surface area contributed by atoms with Crippen molar-refractivity contribution in [1.29, 1.82) is 5.41 Å². The summed E-state index contributed by atoms with van der Waals surface area (Å²) in [5.41, 5.74) is 9.69. The Morgan fingerprint density at radius 2 is 1.95 bits per heavy atom. The molecule has 4 nitrogen and oxygen atoms in total. The molecule has 0 saturated heterocycles. The fourth-order valence-corrected chi connectivity index (χ4v) is 2.40. The van der Waals surface area contributed by atoms with E-state index < -0.39 is 0 Å². The van der Waals surface area contributed by atoms with Gasteiger partial charge in [-0.25, -0.2) is 0 Å². The maximum atomic E-state index is 7.56. The number of amidine groups is 1. The highest BCUT2D eigenvalue weighted by Crippen LogP contribution is 2.25. The molecule has 0 aliphatic rings. The molecular weight excluding hydrogens is 262 g/mol. The van der Waals surface area contributed by atoms with E-state index in [1.54, 1.807) is 13.2 Å². The lowest BCUT2D eigenvalue weighted by Crippen LogP contribution is -2.19. The van der Waals surface area contributed by atoms with Gasteiger partial charge in [-0.15, -0.1) is 0 Å². The van der Waals surface area contributed by atoms with Crippen LogP contribution >= 0.6 is 0 Å². The highest BCUT2D eigenvalue weighted by atomic mass is 16.5. The van der Waals surface area contributed by atoms with Gasteiger partial charge >= 0.3 is 0 Å². The summed E-state index contributed by atoms with van der Waals surface area (Å²) < 4.78 is 5.41. The lowest BCUT2D eigenvalue weighted by Gasteiger charge is -2.23. The summed E-state index contributed by atoms with van der Waals surface area (Å²) >= 11 is 0. The van der Waals surface area contributed by atoms with Crippen molar-refractivity contribution in [3.63, 3.8) is 0 Å². The summed E-state index contributed by atoms with van der Waals surface area (Å²) in [7, 11) is 3.70. The molecule has 2 aromatic carbocycles. The summed E-state index contributed by atoms with van der Waals surface area (Å²) in [4.78, 5) is 2.16. The van der Waals surface area contributed by atoms with Crippen molar-refractivity contribution in [2.24, 2.45) is 5.73 Å². The molecule has 110 valence electrons. The van der Waals surface area contributed by atoms with Crippen LogP contribution in [0.15, 0.2) is 42.5 Å². The number of hydrogen-bond acceptors (Lipinski definition) is 3. The van der Waals surface area contributed by atoms with Crippen molar-refractivity contribution in [2.75, 3.05) is 19.1 Å². The molecule has 0 aliphatic heterocycles. The molecule has 0 aliphatic carbocycles. The first-order valence-corrected chi connectivity index (χ1v) is 6.81. The number of nitrogens with one attached hydrogen (secondary N) is 1. The van der Waals surface area contributed by atoms with Crippen LogP contribution in [0.5, 0.6) is 5.75 Å². The summed E-state index contributed by atoms with van der Waals surface area (Å²) in [6, 6.07) is 13.8. The smallest absolute Gasteiger partial charge is 0.123 e. The molecular formula is C17H21N3O. The van der Waals surface area contributed by atoms with E-state index in [0.717, 1.165) is 11.3 Å². The van der Waals surface area contributed by atoms with Crippen LogP contribution in [0.2, 0.25) is 0 Å². The van der Waals surface area contributed by atoms with E-state index in [-0.39, 0.29) is 5.84 Å². The fourth-order valence-electron chi connectivity index (χ4n) is 2.40. The second kappa shape index (κ2) is 6.31. The number of nitrogens with two attached hydrogens (primary N) is 1. The van der Waals surface area contributed by atoms with Gasteiger partial charge in [-0.05, 0) is 36.8 Å². The monoisotopic (exact) mass is 283 g/mol. The van der Waals surface area contributed by atoms with Crippen molar-refractivity contribution in [3.05, 3.63) is 59.2 Å². The number of hydrogen-bond donors (Lipinski definition) is 2. The van der Waals surface area contributed by atoms with Crippen molar-refractivity contribution >= 4 is 11.5 Å². The van der Waals surface area contributed by atoms with Gasteiger partial charge < -0.3 is 15.4 Å². The van der Waals surface area contributed by atoms with Gasteiger partial charge in [0.1, 0.15) is 11.6 Å². The molecule has 0 bridgehead atoms. The summed E-state index contributed by atoms with van der Waals surface area (Å²) in [6.45, 7) is 2.78. The Bertz CT molecular complexity index is 652. The summed E-state index contributed by atoms with van der Waals surface area (Å²) in [5.74, 6) is 0.873. The predicted octanol–water partition coefficient (Wildman–Crippen LogP) is 2.92. The lowest BCUT2D eigenvalue weighted by molar-refractivity contribution is 0.409. The number of para-hydroxylation sites is 1. The van der Waals surface area contributed by atoms with Crippen LogP contribution in [-0.4, -0.2) is 20.0 Å². The van der Waals surface area contributed by atoms with Crippen molar-refractivity contribution < 1.29 is 4.74 Å². The first-order valence-electron chi connectivity index (χ1n) is 6.81. The fraction of sp³-hybridized carbons (Fsp3) is 0.235. The minimum Gasteiger partial charge on any atom is -0.496 e. The third-order valence-corrected chi connectivity index (χ3v) is 3.53. The van der Waals surface area contributed by atoms with E-state index in [1.807, 2.05) is 31.3 Å². The molecule has 0 atom stereocenters. The summed E-state index contributed by atoms with van der Waals surface area (Å²) in [6.07, 6.45) is 0. The van der Waals surface area contributed by atoms with Gasteiger partial charge in [0.25, 0.3) is 0 Å². The molecule has 0 unspecified atom stereocenters. The molecule has 4 heteroatoms. The van der Waals surface area contributed by atoms with Crippen molar-refractivity contribution in [3.8, 4) is 5.75 Å². The van der Waals surface area contributed by atoms with E-state index in [0.29, 0.717) is 12.1 Å². The molecule has 0 spiro atoms. The molecule has 2 rings (SSSR count). The first-order chi connectivity index (χ1) is 10.0. The molecule has 2 aromatic rings. The predicted molar refractivity (Wildman–Crippen MR) is 87.3 cm³/mol. The Kier molecular flexibility index (Phi) is 4.48. The Labute approximate surface area is 125 Å². The van der Waals surface area contributed by atoms with Crippen molar-refractivity contribution in [2.45, 2.75) is 13.5 Å². The van der Waals surface area contributed by atoms with E-state index in [4.69, 9.17) is 15.9 Å². The number of nitrogens with zero attached hydrogens (tertiary/aromatic N) is 1. The topological polar surface area (TPSA) is 62.3 Å². The highest BCUT2D eigenvalue weighted by Gasteiger charge is 2.10. The number of ether oxygens (including phenoxy) is 1. The minimum absolute atomic E-state index is 0.0671. The zero-order valence-corrected chi connectivity index (χ0v) is 12.7. The minimum atomic E-state index is 0.0671. The zero-order valence-electron chi connectivity index (χ0n) is 12.7. The Morgan fingerprint density at radius 3 is 2.57 bits per heavy atom. The molecule has 0 fully saturated rings. The van der Waals surface area contributed by atoms with Crippen molar-refractivity contribution in [1.82, 2.24) is 0 Å². The lowest BCUT2D eigenvalue weighted by atomic mass is 10.1. The van der Waals surface area contributed by atoms with Crippen LogP contribution in [0, 0.1) is 12.3 Å². The van der Waals surface area contributed by atoms with E-state index in [9.17, 15) is 0 Å². The van der Waals surface area contributed by atoms with Gasteiger partial charge in [0.2, 0.25) is 0 Å². The molecule has 0 amide bonds. The van der Waals surface area contributed by atoms with Gasteiger partial charge in [-0.3, -0.25) is 5.41 Å². The standard InChI is InChI=1S/C17H21N3O/c1-12-6-4-5-7-15(12)20(2)11-14-10-13(17(18)19)8-9-16(14)21-3/h4-10H,11H2,1-3H3,(H3,18,19). The highest BCUT2D eigenvalue weighted by molar-refractivity contribution is 5.95. The van der Waals surface area contributed by atoms with E-state index in [1.165, 1.54) is 11.3 Å². The number of benzene rings is 2. The first kappa shape index (κ1) is 14.9.